The van der Waals surface area contributed by atoms with E-state index in [4.69, 9.17) is 8.83 Å². The lowest BCUT2D eigenvalue weighted by Crippen LogP contribution is -1.99. The first kappa shape index (κ1) is 27.3. The summed E-state index contributed by atoms with van der Waals surface area (Å²) < 4.78 is 15.8. The average molecular weight is 679 g/mol. The van der Waals surface area contributed by atoms with Crippen LogP contribution in [-0.2, 0) is 6.42 Å². The Labute approximate surface area is 301 Å². The van der Waals surface area contributed by atoms with Crippen molar-refractivity contribution in [2.45, 2.75) is 6.42 Å². The van der Waals surface area contributed by atoms with E-state index in [2.05, 4.69) is 146 Å². The summed E-state index contributed by atoms with van der Waals surface area (Å²) in [4.78, 5) is 0. The highest BCUT2D eigenvalue weighted by Gasteiger charge is 2.29. The molecule has 0 spiro atoms. The van der Waals surface area contributed by atoms with Gasteiger partial charge in [0.1, 0.15) is 22.3 Å². The lowest BCUT2D eigenvalue weighted by atomic mass is 9.78. The Morgan fingerprint density at radius 2 is 0.827 bits per heavy atom. The van der Waals surface area contributed by atoms with Gasteiger partial charge in [0, 0.05) is 41.7 Å². The van der Waals surface area contributed by atoms with Crippen molar-refractivity contribution >= 4 is 75.4 Å². The highest BCUT2D eigenvalue weighted by molar-refractivity contribution is 7.25. The molecule has 3 aromatic heterocycles. The molecule has 0 radical (unpaired) electrons. The number of para-hydroxylation sites is 2. The van der Waals surface area contributed by atoms with E-state index in [-0.39, 0.29) is 0 Å². The maximum Gasteiger partial charge on any atom is 0.136 e. The maximum absolute atomic E-state index is 6.60. The highest BCUT2D eigenvalue weighted by Crippen LogP contribution is 2.55. The fourth-order valence-corrected chi connectivity index (χ4v) is 10.4. The number of benzene rings is 8. The zero-order valence-corrected chi connectivity index (χ0v) is 28.6. The predicted molar refractivity (Wildman–Crippen MR) is 217 cm³/mol. The van der Waals surface area contributed by atoms with Crippen LogP contribution in [0.3, 0.4) is 0 Å². The van der Waals surface area contributed by atoms with Crippen molar-refractivity contribution < 1.29 is 8.83 Å². The number of hydrogen-bond acceptors (Lipinski definition) is 3. The van der Waals surface area contributed by atoms with Gasteiger partial charge in [-0.25, -0.2) is 0 Å². The Morgan fingerprint density at radius 1 is 0.308 bits per heavy atom. The fraction of sp³-hybridized carbons (Fsp3) is 0.0204. The number of fused-ring (bicyclic) bond motifs is 20. The van der Waals surface area contributed by atoms with Gasteiger partial charge in [0.2, 0.25) is 0 Å². The summed E-state index contributed by atoms with van der Waals surface area (Å²) in [6.07, 6.45) is 0.931. The van der Waals surface area contributed by atoms with Crippen LogP contribution in [-0.4, -0.2) is 0 Å². The molecule has 52 heavy (non-hydrogen) atoms. The molecule has 0 amide bonds. The molecule has 0 bridgehead atoms. The zero-order valence-electron chi connectivity index (χ0n) is 27.8. The molecule has 3 heterocycles. The second kappa shape index (κ2) is 9.67. The van der Waals surface area contributed by atoms with Crippen LogP contribution >= 0.6 is 11.3 Å². The van der Waals surface area contributed by atoms with Crippen molar-refractivity contribution in [3.8, 4) is 55.6 Å². The van der Waals surface area contributed by atoms with Crippen molar-refractivity contribution in [1.82, 2.24) is 0 Å². The lowest BCUT2D eigenvalue weighted by Gasteiger charge is -2.24. The molecule has 2 aliphatic carbocycles. The Hall–Kier alpha value is -6.42. The van der Waals surface area contributed by atoms with Crippen LogP contribution in [0.4, 0.5) is 0 Å². The van der Waals surface area contributed by atoms with Crippen molar-refractivity contribution in [3.63, 3.8) is 0 Å². The monoisotopic (exact) mass is 678 g/mol. The minimum Gasteiger partial charge on any atom is -0.456 e. The van der Waals surface area contributed by atoms with Gasteiger partial charge >= 0.3 is 0 Å². The molecule has 0 N–H and O–H groups in total. The molecule has 2 nitrogen and oxygen atoms in total. The molecule has 0 atom stereocenters. The maximum atomic E-state index is 6.60. The summed E-state index contributed by atoms with van der Waals surface area (Å²) >= 11 is 1.87. The number of hydrogen-bond donors (Lipinski definition) is 0. The molecule has 0 unspecified atom stereocenters. The molecule has 13 rings (SSSR count). The third-order valence-corrected chi connectivity index (χ3v) is 12.8. The smallest absolute Gasteiger partial charge is 0.136 e. The number of thiophene rings is 1. The normalized spacial score (nSPS) is 12.9. The molecule has 0 saturated heterocycles. The molecule has 3 heteroatoms. The van der Waals surface area contributed by atoms with Gasteiger partial charge in [-0.1, -0.05) is 78.9 Å². The van der Waals surface area contributed by atoms with E-state index < -0.39 is 0 Å². The van der Waals surface area contributed by atoms with Gasteiger partial charge < -0.3 is 8.83 Å². The Bertz CT molecular complexity index is 3390. The topological polar surface area (TPSA) is 26.3 Å². The van der Waals surface area contributed by atoms with E-state index >= 15 is 0 Å². The second-order valence-electron chi connectivity index (χ2n) is 14.4. The van der Waals surface area contributed by atoms with Gasteiger partial charge in [0.15, 0.2) is 0 Å². The molecule has 0 saturated carbocycles. The van der Waals surface area contributed by atoms with Gasteiger partial charge in [0.05, 0.1) is 0 Å². The van der Waals surface area contributed by atoms with Crippen molar-refractivity contribution in [3.05, 3.63) is 157 Å². The minimum atomic E-state index is 0.905. The van der Waals surface area contributed by atoms with E-state index in [1.54, 1.807) is 0 Å². The summed E-state index contributed by atoms with van der Waals surface area (Å²) in [6.45, 7) is 0. The van der Waals surface area contributed by atoms with Crippen LogP contribution < -0.4 is 0 Å². The zero-order chi connectivity index (χ0) is 33.7. The predicted octanol–water partition coefficient (Wildman–Crippen LogP) is 14.4. The summed E-state index contributed by atoms with van der Waals surface area (Å²) in [6, 6.07) is 53.8. The average Bonchev–Trinajstić information content (AvgIpc) is 3.94. The Morgan fingerprint density at radius 3 is 1.54 bits per heavy atom. The second-order valence-corrected chi connectivity index (χ2v) is 15.4. The van der Waals surface area contributed by atoms with Crippen LogP contribution in [0.25, 0.3) is 120 Å². The van der Waals surface area contributed by atoms with Gasteiger partial charge in [-0.3, -0.25) is 0 Å². The SMILES string of the molecule is c1ccc2c(c1)Cc1cc3c(cc1-2)-c1cc2c(cc1-c1cc4oc5ccccc5c4cc1-c1cc4c(cc1-3)oc1ccccc14)sc1ccccc12. The molecule has 8 aromatic carbocycles. The molecule has 0 fully saturated rings. The molecule has 2 aliphatic rings. The van der Waals surface area contributed by atoms with E-state index in [1.165, 1.54) is 86.9 Å². The van der Waals surface area contributed by atoms with E-state index in [0.717, 1.165) is 50.3 Å². The molecule has 0 aliphatic heterocycles. The molecular weight excluding hydrogens is 653 g/mol. The van der Waals surface area contributed by atoms with Gasteiger partial charge in [-0.05, 0) is 140 Å². The third kappa shape index (κ3) is 3.53. The summed E-state index contributed by atoms with van der Waals surface area (Å²) in [5.41, 5.74) is 18.8. The highest BCUT2D eigenvalue weighted by atomic mass is 32.1. The largest absolute Gasteiger partial charge is 0.456 e. The number of furan rings is 2. The van der Waals surface area contributed by atoms with Crippen LogP contribution in [0.1, 0.15) is 11.1 Å². The van der Waals surface area contributed by atoms with Crippen LogP contribution in [0.15, 0.2) is 154 Å². The first-order valence-electron chi connectivity index (χ1n) is 17.9. The molecule has 240 valence electrons. The van der Waals surface area contributed by atoms with Crippen LogP contribution in [0.5, 0.6) is 0 Å². The lowest BCUT2D eigenvalue weighted by molar-refractivity contribution is 0.668. The van der Waals surface area contributed by atoms with E-state index in [0.29, 0.717) is 0 Å². The Balaban J connectivity index is 1.25. The Kier molecular flexibility index (Phi) is 5.08. The fourth-order valence-electron chi connectivity index (χ4n) is 9.28. The molecular formula is C49H26O2S. The standard InChI is InChI=1S/C49H26O2S/c1-2-10-28-26(9-1)17-27-18-33-34(19-32(27)28)37-22-43-31-13-5-8-16-48(31)52-49(43)25-40(37)39-24-47-42(30-12-4-7-15-45(30)51-47)21-36(39)35-20-41-29-11-3-6-14-44(29)50-46(41)23-38(33)35/h1-16,18-25H,17H2. The van der Waals surface area contributed by atoms with Gasteiger partial charge in [0.25, 0.3) is 0 Å². The summed E-state index contributed by atoms with van der Waals surface area (Å²) in [5, 5.41) is 7.13. The minimum absolute atomic E-state index is 0.905. The quantitative estimate of drug-likeness (QED) is 0.160. The third-order valence-electron chi connectivity index (χ3n) is 11.6. The van der Waals surface area contributed by atoms with Gasteiger partial charge in [-0.15, -0.1) is 11.3 Å². The van der Waals surface area contributed by atoms with Crippen molar-refractivity contribution in [1.29, 1.82) is 0 Å². The van der Waals surface area contributed by atoms with Crippen LogP contribution in [0, 0.1) is 0 Å². The first-order valence-corrected chi connectivity index (χ1v) is 18.7. The van der Waals surface area contributed by atoms with Crippen molar-refractivity contribution in [2.75, 3.05) is 0 Å². The first-order chi connectivity index (χ1) is 25.7. The summed E-state index contributed by atoms with van der Waals surface area (Å²) in [5.74, 6) is 0. The molecule has 11 aromatic rings. The van der Waals surface area contributed by atoms with E-state index in [1.807, 2.05) is 11.3 Å². The van der Waals surface area contributed by atoms with Crippen molar-refractivity contribution in [2.24, 2.45) is 0 Å². The van der Waals surface area contributed by atoms with Crippen LogP contribution in [0.2, 0.25) is 0 Å². The van der Waals surface area contributed by atoms with E-state index in [9.17, 15) is 0 Å². The van der Waals surface area contributed by atoms with Gasteiger partial charge in [-0.2, -0.15) is 0 Å². The number of rotatable bonds is 0. The summed E-state index contributed by atoms with van der Waals surface area (Å²) in [7, 11) is 0.